The molecule has 0 spiro atoms. The fourth-order valence-corrected chi connectivity index (χ4v) is 6.26. The van der Waals surface area contributed by atoms with Crippen LogP contribution in [0.5, 0.6) is 0 Å². The van der Waals surface area contributed by atoms with Crippen molar-refractivity contribution in [2.45, 2.75) is 0 Å². The van der Waals surface area contributed by atoms with Crippen LogP contribution >= 0.6 is 0 Å². The molecule has 182 valence electrons. The summed E-state index contributed by atoms with van der Waals surface area (Å²) in [5, 5.41) is 7.01. The fourth-order valence-electron chi connectivity index (χ4n) is 6.26. The monoisotopic (exact) mass is 499 g/mol. The van der Waals surface area contributed by atoms with Crippen LogP contribution in [0.1, 0.15) is 0 Å². The minimum absolute atomic E-state index is 0.900. The fraction of sp³-hybridized carbons (Fsp3) is 0. The summed E-state index contributed by atoms with van der Waals surface area (Å²) in [6, 6.07) is 44.8. The maximum Gasteiger partial charge on any atom is 0.137 e. The van der Waals surface area contributed by atoms with E-state index in [1.165, 1.54) is 32.9 Å². The van der Waals surface area contributed by atoms with Gasteiger partial charge in [-0.2, -0.15) is 0 Å². The SMILES string of the molecule is c1ccc2c(c1)oc1ccc(-c3ccc4c(c3)c3ccccc3n4-c3cccc4oc5ccccc5c34)cc12. The van der Waals surface area contributed by atoms with E-state index in [0.29, 0.717) is 0 Å². The normalized spacial score (nSPS) is 12.1. The smallest absolute Gasteiger partial charge is 0.137 e. The van der Waals surface area contributed by atoms with Gasteiger partial charge in [0.15, 0.2) is 0 Å². The Labute approximate surface area is 223 Å². The zero-order chi connectivity index (χ0) is 25.5. The average molecular weight is 500 g/mol. The van der Waals surface area contributed by atoms with E-state index < -0.39 is 0 Å². The van der Waals surface area contributed by atoms with Crippen LogP contribution in [0.3, 0.4) is 0 Å². The van der Waals surface area contributed by atoms with Crippen LogP contribution in [0.15, 0.2) is 136 Å². The van der Waals surface area contributed by atoms with Crippen molar-refractivity contribution in [3.8, 4) is 16.8 Å². The van der Waals surface area contributed by atoms with Crippen molar-refractivity contribution < 1.29 is 8.83 Å². The van der Waals surface area contributed by atoms with Gasteiger partial charge in [-0.15, -0.1) is 0 Å². The Morgan fingerprint density at radius 2 is 0.974 bits per heavy atom. The molecule has 3 heterocycles. The summed E-state index contributed by atoms with van der Waals surface area (Å²) in [6.07, 6.45) is 0. The highest BCUT2D eigenvalue weighted by atomic mass is 16.3. The second kappa shape index (κ2) is 7.62. The minimum Gasteiger partial charge on any atom is -0.456 e. The van der Waals surface area contributed by atoms with Crippen molar-refractivity contribution in [1.29, 1.82) is 0 Å². The molecule has 9 aromatic rings. The highest BCUT2D eigenvalue weighted by molar-refractivity contribution is 6.15. The Bertz CT molecular complexity index is 2400. The molecule has 0 aliphatic rings. The van der Waals surface area contributed by atoms with E-state index in [9.17, 15) is 0 Å². The summed E-state index contributed by atoms with van der Waals surface area (Å²) < 4.78 is 14.7. The first-order chi connectivity index (χ1) is 19.3. The standard InChI is InChI=1S/C36H21NO2/c1-4-11-29-24(8-1)27-20-22(23-17-19-34-28(21-23)25-9-2-5-13-32(25)38-34)16-18-30(27)37(29)31-12-7-15-35-36(31)26-10-3-6-14-33(26)39-35/h1-21H. The van der Waals surface area contributed by atoms with Crippen molar-refractivity contribution in [2.24, 2.45) is 0 Å². The van der Waals surface area contributed by atoms with Crippen LogP contribution in [0.25, 0.3) is 82.5 Å². The summed E-state index contributed by atoms with van der Waals surface area (Å²) in [5.41, 5.74) is 9.48. The molecule has 0 aliphatic heterocycles. The number of nitrogens with zero attached hydrogens (tertiary/aromatic N) is 1. The van der Waals surface area contributed by atoms with Crippen LogP contribution in [-0.4, -0.2) is 4.57 Å². The van der Waals surface area contributed by atoms with Gasteiger partial charge in [0, 0.05) is 26.9 Å². The van der Waals surface area contributed by atoms with E-state index in [4.69, 9.17) is 8.83 Å². The van der Waals surface area contributed by atoms with Crippen molar-refractivity contribution in [3.63, 3.8) is 0 Å². The predicted molar refractivity (Wildman–Crippen MR) is 161 cm³/mol. The number of hydrogen-bond donors (Lipinski definition) is 0. The summed E-state index contributed by atoms with van der Waals surface area (Å²) in [5.74, 6) is 0. The topological polar surface area (TPSA) is 31.2 Å². The molecule has 9 rings (SSSR count). The number of hydrogen-bond acceptors (Lipinski definition) is 2. The second-order valence-electron chi connectivity index (χ2n) is 10.1. The Morgan fingerprint density at radius 3 is 1.85 bits per heavy atom. The third kappa shape index (κ3) is 2.87. The summed E-state index contributed by atoms with van der Waals surface area (Å²) >= 11 is 0. The maximum absolute atomic E-state index is 6.23. The molecule has 0 saturated heterocycles. The van der Waals surface area contributed by atoms with Crippen molar-refractivity contribution in [1.82, 2.24) is 4.57 Å². The van der Waals surface area contributed by atoms with Gasteiger partial charge >= 0.3 is 0 Å². The van der Waals surface area contributed by atoms with E-state index in [0.717, 1.165) is 49.6 Å². The van der Waals surface area contributed by atoms with Gasteiger partial charge in [0.2, 0.25) is 0 Å². The molecule has 0 saturated carbocycles. The van der Waals surface area contributed by atoms with Crippen LogP contribution in [0, 0.1) is 0 Å². The van der Waals surface area contributed by atoms with Crippen molar-refractivity contribution in [2.75, 3.05) is 0 Å². The maximum atomic E-state index is 6.23. The molecule has 6 aromatic carbocycles. The second-order valence-corrected chi connectivity index (χ2v) is 10.1. The molecule has 0 radical (unpaired) electrons. The van der Waals surface area contributed by atoms with E-state index in [-0.39, 0.29) is 0 Å². The van der Waals surface area contributed by atoms with Gasteiger partial charge in [0.1, 0.15) is 22.3 Å². The number of para-hydroxylation sites is 3. The molecule has 0 N–H and O–H groups in total. The zero-order valence-electron chi connectivity index (χ0n) is 20.9. The molecular formula is C36H21NO2. The van der Waals surface area contributed by atoms with Gasteiger partial charge in [-0.25, -0.2) is 0 Å². The van der Waals surface area contributed by atoms with E-state index in [1.807, 2.05) is 24.3 Å². The lowest BCUT2D eigenvalue weighted by Gasteiger charge is -2.10. The number of fused-ring (bicyclic) bond motifs is 9. The third-order valence-corrected chi connectivity index (χ3v) is 8.00. The Kier molecular flexibility index (Phi) is 4.05. The summed E-state index contributed by atoms with van der Waals surface area (Å²) in [7, 11) is 0. The van der Waals surface area contributed by atoms with Gasteiger partial charge in [-0.3, -0.25) is 0 Å². The number of rotatable bonds is 2. The van der Waals surface area contributed by atoms with Crippen molar-refractivity contribution in [3.05, 3.63) is 127 Å². The quantitative estimate of drug-likeness (QED) is 0.237. The van der Waals surface area contributed by atoms with Gasteiger partial charge < -0.3 is 13.4 Å². The van der Waals surface area contributed by atoms with Gasteiger partial charge in [0.05, 0.1) is 22.1 Å². The zero-order valence-corrected chi connectivity index (χ0v) is 20.9. The first kappa shape index (κ1) is 20.7. The Balaban J connectivity index is 1.32. The first-order valence-electron chi connectivity index (χ1n) is 13.2. The molecule has 39 heavy (non-hydrogen) atoms. The molecule has 0 amide bonds. The largest absolute Gasteiger partial charge is 0.456 e. The Hall–Kier alpha value is -5.28. The molecule has 0 atom stereocenters. The lowest BCUT2D eigenvalue weighted by Crippen LogP contribution is -1.94. The lowest BCUT2D eigenvalue weighted by atomic mass is 10.0. The molecule has 0 unspecified atom stereocenters. The molecular weight excluding hydrogens is 478 g/mol. The van der Waals surface area contributed by atoms with Gasteiger partial charge in [-0.05, 0) is 65.7 Å². The molecule has 3 aromatic heterocycles. The highest BCUT2D eigenvalue weighted by Gasteiger charge is 2.18. The highest BCUT2D eigenvalue weighted by Crippen LogP contribution is 2.40. The minimum atomic E-state index is 0.900. The van der Waals surface area contributed by atoms with E-state index in [1.54, 1.807) is 0 Å². The number of benzene rings is 6. The molecule has 0 aliphatic carbocycles. The predicted octanol–water partition coefficient (Wildman–Crippen LogP) is 10.2. The third-order valence-electron chi connectivity index (χ3n) is 8.00. The molecule has 3 nitrogen and oxygen atoms in total. The Morgan fingerprint density at radius 1 is 0.385 bits per heavy atom. The van der Waals surface area contributed by atoms with Gasteiger partial charge in [0.25, 0.3) is 0 Å². The van der Waals surface area contributed by atoms with E-state index >= 15 is 0 Å². The molecule has 0 fully saturated rings. The average Bonchev–Trinajstić information content (AvgIpc) is 3.66. The number of furan rings is 2. The summed E-state index contributed by atoms with van der Waals surface area (Å²) in [4.78, 5) is 0. The van der Waals surface area contributed by atoms with E-state index in [2.05, 4.69) is 108 Å². The van der Waals surface area contributed by atoms with Crippen LogP contribution < -0.4 is 0 Å². The molecule has 3 heteroatoms. The van der Waals surface area contributed by atoms with Gasteiger partial charge in [-0.1, -0.05) is 72.8 Å². The van der Waals surface area contributed by atoms with Crippen LogP contribution in [0.4, 0.5) is 0 Å². The lowest BCUT2D eigenvalue weighted by molar-refractivity contribution is 0.668. The number of aromatic nitrogens is 1. The van der Waals surface area contributed by atoms with Crippen LogP contribution in [-0.2, 0) is 0 Å². The first-order valence-corrected chi connectivity index (χ1v) is 13.2. The molecule has 0 bridgehead atoms. The van der Waals surface area contributed by atoms with Crippen molar-refractivity contribution >= 4 is 65.7 Å². The van der Waals surface area contributed by atoms with Crippen LogP contribution in [0.2, 0.25) is 0 Å². The summed E-state index contributed by atoms with van der Waals surface area (Å²) in [6.45, 7) is 0.